The van der Waals surface area contributed by atoms with Gasteiger partial charge < -0.3 is 20.1 Å². The van der Waals surface area contributed by atoms with Crippen molar-refractivity contribution in [2.75, 3.05) is 44.2 Å². The van der Waals surface area contributed by atoms with E-state index in [-0.39, 0.29) is 0 Å². The number of hydrogen-bond donors (Lipinski definition) is 2. The molecule has 0 bridgehead atoms. The van der Waals surface area contributed by atoms with E-state index in [9.17, 15) is 8.42 Å². The third-order valence-electron chi connectivity index (χ3n) is 3.42. The van der Waals surface area contributed by atoms with Crippen molar-refractivity contribution in [1.82, 2.24) is 0 Å². The number of nitrogens with one attached hydrogen (secondary N) is 2. The Morgan fingerprint density at radius 3 is 1.79 bits per heavy atom. The SMILES string of the molecule is COc1cc(NCCNc2ccc(S(C)(=O)=O)cc2)cc(OC)c1. The van der Waals surface area contributed by atoms with Crippen LogP contribution in [-0.2, 0) is 9.84 Å². The predicted molar refractivity (Wildman–Crippen MR) is 96.1 cm³/mol. The lowest BCUT2D eigenvalue weighted by atomic mass is 10.2. The molecule has 0 unspecified atom stereocenters. The fourth-order valence-corrected chi connectivity index (χ4v) is 2.77. The average molecular weight is 350 g/mol. The summed E-state index contributed by atoms with van der Waals surface area (Å²) in [5.74, 6) is 1.45. The monoisotopic (exact) mass is 350 g/mol. The van der Waals surface area contributed by atoms with Gasteiger partial charge in [-0.2, -0.15) is 0 Å². The molecule has 0 radical (unpaired) electrons. The van der Waals surface area contributed by atoms with Gasteiger partial charge in [-0.15, -0.1) is 0 Å². The molecule has 2 aromatic rings. The highest BCUT2D eigenvalue weighted by molar-refractivity contribution is 7.90. The number of anilines is 2. The molecule has 2 N–H and O–H groups in total. The molecule has 0 amide bonds. The van der Waals surface area contributed by atoms with Crippen LogP contribution in [0.2, 0.25) is 0 Å². The summed E-state index contributed by atoms with van der Waals surface area (Å²) in [6.45, 7) is 1.36. The third kappa shape index (κ3) is 5.06. The third-order valence-corrected chi connectivity index (χ3v) is 4.55. The highest BCUT2D eigenvalue weighted by Gasteiger charge is 2.06. The van der Waals surface area contributed by atoms with Crippen molar-refractivity contribution in [3.05, 3.63) is 42.5 Å². The van der Waals surface area contributed by atoms with Gasteiger partial charge in [-0.1, -0.05) is 0 Å². The molecule has 0 heterocycles. The summed E-state index contributed by atoms with van der Waals surface area (Å²) < 4.78 is 33.3. The number of methoxy groups -OCH3 is 2. The molecule has 0 saturated heterocycles. The zero-order valence-corrected chi connectivity index (χ0v) is 14.8. The minimum absolute atomic E-state index is 0.314. The molecule has 7 heteroatoms. The van der Waals surface area contributed by atoms with Gasteiger partial charge in [0.25, 0.3) is 0 Å². The van der Waals surface area contributed by atoms with E-state index < -0.39 is 9.84 Å². The molecule has 0 aliphatic carbocycles. The molecule has 0 fully saturated rings. The number of ether oxygens (including phenoxy) is 2. The van der Waals surface area contributed by atoms with E-state index >= 15 is 0 Å². The van der Waals surface area contributed by atoms with Crippen LogP contribution >= 0.6 is 0 Å². The topological polar surface area (TPSA) is 76.7 Å². The molecular formula is C17H22N2O4S. The first-order chi connectivity index (χ1) is 11.4. The summed E-state index contributed by atoms with van der Waals surface area (Å²) in [5.41, 5.74) is 1.77. The molecule has 24 heavy (non-hydrogen) atoms. The number of hydrogen-bond acceptors (Lipinski definition) is 6. The van der Waals surface area contributed by atoms with Crippen molar-refractivity contribution < 1.29 is 17.9 Å². The van der Waals surface area contributed by atoms with Crippen molar-refractivity contribution in [3.8, 4) is 11.5 Å². The van der Waals surface area contributed by atoms with Crippen LogP contribution < -0.4 is 20.1 Å². The normalized spacial score (nSPS) is 11.0. The second-order valence-corrected chi connectivity index (χ2v) is 7.27. The van der Waals surface area contributed by atoms with Crippen molar-refractivity contribution in [3.63, 3.8) is 0 Å². The molecule has 2 aromatic carbocycles. The largest absolute Gasteiger partial charge is 0.497 e. The lowest BCUT2D eigenvalue weighted by Crippen LogP contribution is -2.13. The van der Waals surface area contributed by atoms with E-state index in [1.54, 1.807) is 38.5 Å². The summed E-state index contributed by atoms with van der Waals surface area (Å²) in [6, 6.07) is 12.3. The molecule has 130 valence electrons. The minimum atomic E-state index is -3.16. The van der Waals surface area contributed by atoms with Gasteiger partial charge in [0.2, 0.25) is 0 Å². The fraction of sp³-hybridized carbons (Fsp3) is 0.294. The maximum Gasteiger partial charge on any atom is 0.175 e. The molecule has 0 aliphatic rings. The van der Waals surface area contributed by atoms with Crippen LogP contribution in [0.15, 0.2) is 47.4 Å². The number of rotatable bonds is 8. The standard InChI is InChI=1S/C17H22N2O4S/c1-22-15-10-14(11-16(12-15)23-2)19-9-8-18-13-4-6-17(7-5-13)24(3,20)21/h4-7,10-12,18-19H,8-9H2,1-3H3. The van der Waals surface area contributed by atoms with E-state index in [1.807, 2.05) is 18.2 Å². The van der Waals surface area contributed by atoms with Crippen LogP contribution in [0.1, 0.15) is 0 Å². The maximum atomic E-state index is 11.4. The van der Waals surface area contributed by atoms with Gasteiger partial charge in [-0.25, -0.2) is 8.42 Å². The fourth-order valence-electron chi connectivity index (χ4n) is 2.14. The number of sulfone groups is 1. The van der Waals surface area contributed by atoms with Crippen molar-refractivity contribution >= 4 is 21.2 Å². The zero-order valence-electron chi connectivity index (χ0n) is 14.0. The van der Waals surface area contributed by atoms with Crippen molar-refractivity contribution in [2.45, 2.75) is 4.90 Å². The second-order valence-electron chi connectivity index (χ2n) is 5.25. The van der Waals surface area contributed by atoms with Gasteiger partial charge in [0.15, 0.2) is 9.84 Å². The van der Waals surface area contributed by atoms with Gasteiger partial charge in [0, 0.05) is 48.9 Å². The molecule has 0 atom stereocenters. The molecule has 2 rings (SSSR count). The first kappa shape index (κ1) is 17.9. The van der Waals surface area contributed by atoms with E-state index in [0.717, 1.165) is 22.9 Å². The van der Waals surface area contributed by atoms with Crippen LogP contribution in [0.3, 0.4) is 0 Å². The first-order valence-corrected chi connectivity index (χ1v) is 9.32. The van der Waals surface area contributed by atoms with E-state index in [0.29, 0.717) is 18.0 Å². The Balaban J connectivity index is 1.87. The highest BCUT2D eigenvalue weighted by atomic mass is 32.2. The van der Waals surface area contributed by atoms with Gasteiger partial charge in [0.1, 0.15) is 11.5 Å². The summed E-state index contributed by atoms with van der Waals surface area (Å²) >= 11 is 0. The smallest absolute Gasteiger partial charge is 0.175 e. The Hall–Kier alpha value is -2.41. The zero-order chi connectivity index (χ0) is 17.6. The van der Waals surface area contributed by atoms with Crippen LogP contribution in [0.25, 0.3) is 0 Å². The Morgan fingerprint density at radius 1 is 0.833 bits per heavy atom. The predicted octanol–water partition coefficient (Wildman–Crippen LogP) is 2.63. The molecule has 0 aliphatic heterocycles. The highest BCUT2D eigenvalue weighted by Crippen LogP contribution is 2.25. The van der Waals surface area contributed by atoms with Crippen molar-refractivity contribution in [1.29, 1.82) is 0 Å². The molecular weight excluding hydrogens is 328 g/mol. The van der Waals surface area contributed by atoms with Gasteiger partial charge in [-0.05, 0) is 24.3 Å². The molecule has 6 nitrogen and oxygen atoms in total. The van der Waals surface area contributed by atoms with Crippen LogP contribution in [0.4, 0.5) is 11.4 Å². The summed E-state index contributed by atoms with van der Waals surface area (Å²) in [7, 11) is 0.0649. The van der Waals surface area contributed by atoms with E-state index in [2.05, 4.69) is 10.6 Å². The Kier molecular flexibility index (Phi) is 5.92. The van der Waals surface area contributed by atoms with Crippen LogP contribution in [-0.4, -0.2) is 42.0 Å². The van der Waals surface area contributed by atoms with Gasteiger partial charge in [0.05, 0.1) is 19.1 Å². The lowest BCUT2D eigenvalue weighted by Gasteiger charge is -2.12. The van der Waals surface area contributed by atoms with Crippen LogP contribution in [0.5, 0.6) is 11.5 Å². The van der Waals surface area contributed by atoms with E-state index in [4.69, 9.17) is 9.47 Å². The Bertz CT molecular complexity index is 751. The van der Waals surface area contributed by atoms with Crippen molar-refractivity contribution in [2.24, 2.45) is 0 Å². The molecule has 0 aromatic heterocycles. The number of benzene rings is 2. The molecule has 0 spiro atoms. The minimum Gasteiger partial charge on any atom is -0.497 e. The molecule has 0 saturated carbocycles. The quantitative estimate of drug-likeness (QED) is 0.713. The lowest BCUT2D eigenvalue weighted by molar-refractivity contribution is 0.394. The second kappa shape index (κ2) is 7.92. The summed E-state index contributed by atoms with van der Waals surface area (Å²) in [6.07, 6.45) is 1.20. The first-order valence-electron chi connectivity index (χ1n) is 7.43. The van der Waals surface area contributed by atoms with E-state index in [1.165, 1.54) is 6.26 Å². The van der Waals surface area contributed by atoms with Gasteiger partial charge in [-0.3, -0.25) is 0 Å². The maximum absolute atomic E-state index is 11.4. The Morgan fingerprint density at radius 2 is 1.33 bits per heavy atom. The van der Waals surface area contributed by atoms with Gasteiger partial charge >= 0.3 is 0 Å². The average Bonchev–Trinajstić information content (AvgIpc) is 2.58. The summed E-state index contributed by atoms with van der Waals surface area (Å²) in [5, 5.41) is 6.51. The summed E-state index contributed by atoms with van der Waals surface area (Å²) in [4.78, 5) is 0.314. The Labute approximate surface area is 142 Å². The van der Waals surface area contributed by atoms with Crippen LogP contribution in [0, 0.1) is 0 Å².